The van der Waals surface area contributed by atoms with E-state index in [1.165, 1.54) is 6.92 Å². The first-order valence-electron chi connectivity index (χ1n) is 7.16. The maximum atomic E-state index is 11.6. The summed E-state index contributed by atoms with van der Waals surface area (Å²) in [5.74, 6) is -1.14. The predicted octanol–water partition coefficient (Wildman–Crippen LogP) is 1.75. The first kappa shape index (κ1) is 17.7. The van der Waals surface area contributed by atoms with Crippen LogP contribution in [0.3, 0.4) is 0 Å². The molecule has 0 spiro atoms. The van der Waals surface area contributed by atoms with Gasteiger partial charge in [-0.1, -0.05) is 30.3 Å². The summed E-state index contributed by atoms with van der Waals surface area (Å²) in [6.07, 6.45) is -0.0524. The second-order valence-electron chi connectivity index (χ2n) is 4.65. The smallest absolute Gasteiger partial charge is 0.306 e. The van der Waals surface area contributed by atoms with Crippen LogP contribution in [0.2, 0.25) is 0 Å². The van der Waals surface area contributed by atoms with Gasteiger partial charge in [-0.3, -0.25) is 14.4 Å². The lowest BCUT2D eigenvalue weighted by atomic mass is 10.1. The van der Waals surface area contributed by atoms with Crippen molar-refractivity contribution in [2.45, 2.75) is 32.7 Å². The van der Waals surface area contributed by atoms with Crippen LogP contribution in [-0.4, -0.2) is 31.1 Å². The first-order valence-corrected chi connectivity index (χ1v) is 7.16. The molecule has 1 rings (SSSR count). The molecule has 0 aliphatic heterocycles. The van der Waals surface area contributed by atoms with Gasteiger partial charge in [-0.25, -0.2) is 0 Å². The standard InChI is InChI=1S/C16H21NO5/c1-3-21-15(19)9-10-16(20)22-11-14(17-12(2)18)13-7-5-4-6-8-13/h4-8,14H,3,9-11H2,1-2H3,(H,17,18)/t14-/m0/s1. The highest BCUT2D eigenvalue weighted by molar-refractivity contribution is 5.77. The summed E-state index contributed by atoms with van der Waals surface area (Å²) < 4.78 is 9.86. The van der Waals surface area contributed by atoms with Crippen molar-refractivity contribution in [3.63, 3.8) is 0 Å². The number of hydrogen-bond donors (Lipinski definition) is 1. The van der Waals surface area contributed by atoms with E-state index < -0.39 is 18.0 Å². The molecule has 0 aliphatic carbocycles. The van der Waals surface area contributed by atoms with Gasteiger partial charge in [-0.2, -0.15) is 0 Å². The minimum Gasteiger partial charge on any atom is -0.466 e. The molecule has 0 unspecified atom stereocenters. The summed E-state index contributed by atoms with van der Waals surface area (Å²) in [4.78, 5) is 34.0. The van der Waals surface area contributed by atoms with Gasteiger partial charge in [0.15, 0.2) is 0 Å². The molecule has 0 aliphatic rings. The molecule has 0 radical (unpaired) electrons. The van der Waals surface area contributed by atoms with E-state index in [1.807, 2.05) is 30.3 Å². The Labute approximate surface area is 129 Å². The van der Waals surface area contributed by atoms with Crippen LogP contribution < -0.4 is 5.32 Å². The topological polar surface area (TPSA) is 81.7 Å². The number of benzene rings is 1. The predicted molar refractivity (Wildman–Crippen MR) is 79.8 cm³/mol. The van der Waals surface area contributed by atoms with Crippen LogP contribution in [0, 0.1) is 0 Å². The average Bonchev–Trinajstić information content (AvgIpc) is 2.50. The number of nitrogens with one attached hydrogen (secondary N) is 1. The van der Waals surface area contributed by atoms with Gasteiger partial charge in [0, 0.05) is 6.92 Å². The van der Waals surface area contributed by atoms with Crippen LogP contribution in [0.15, 0.2) is 30.3 Å². The molecule has 0 aromatic heterocycles. The van der Waals surface area contributed by atoms with Crippen LogP contribution >= 0.6 is 0 Å². The monoisotopic (exact) mass is 307 g/mol. The van der Waals surface area contributed by atoms with E-state index in [1.54, 1.807) is 6.92 Å². The lowest BCUT2D eigenvalue weighted by molar-refractivity contribution is -0.150. The van der Waals surface area contributed by atoms with Gasteiger partial charge in [-0.15, -0.1) is 0 Å². The third kappa shape index (κ3) is 6.88. The van der Waals surface area contributed by atoms with Crippen LogP contribution in [0.4, 0.5) is 0 Å². The molecule has 0 fully saturated rings. The van der Waals surface area contributed by atoms with Gasteiger partial charge in [-0.05, 0) is 12.5 Å². The van der Waals surface area contributed by atoms with Gasteiger partial charge < -0.3 is 14.8 Å². The van der Waals surface area contributed by atoms with E-state index in [0.717, 1.165) is 5.56 Å². The Morgan fingerprint density at radius 3 is 2.18 bits per heavy atom. The van der Waals surface area contributed by atoms with Crippen molar-refractivity contribution >= 4 is 17.8 Å². The van der Waals surface area contributed by atoms with Crippen molar-refractivity contribution < 1.29 is 23.9 Å². The molecule has 1 atom stereocenters. The Bertz CT molecular complexity index is 501. The Morgan fingerprint density at radius 1 is 1.05 bits per heavy atom. The molecule has 1 aromatic carbocycles. The summed E-state index contributed by atoms with van der Waals surface area (Å²) in [7, 11) is 0. The molecule has 22 heavy (non-hydrogen) atoms. The normalized spacial score (nSPS) is 11.4. The summed E-state index contributed by atoms with van der Waals surface area (Å²) in [6.45, 7) is 3.41. The molecule has 0 bridgehead atoms. The van der Waals surface area contributed by atoms with Gasteiger partial charge in [0.1, 0.15) is 6.61 Å². The number of carbonyl (C=O) groups is 3. The summed E-state index contributed by atoms with van der Waals surface area (Å²) in [6, 6.07) is 8.81. The molecule has 120 valence electrons. The van der Waals surface area contributed by atoms with E-state index in [9.17, 15) is 14.4 Å². The number of esters is 2. The molecule has 0 heterocycles. The first-order chi connectivity index (χ1) is 10.5. The molecular formula is C16H21NO5. The number of hydrogen-bond acceptors (Lipinski definition) is 5. The third-order valence-electron chi connectivity index (χ3n) is 2.83. The summed E-state index contributed by atoms with van der Waals surface area (Å²) in [5, 5.41) is 2.73. The fraction of sp³-hybridized carbons (Fsp3) is 0.438. The quantitative estimate of drug-likeness (QED) is 0.740. The zero-order valence-electron chi connectivity index (χ0n) is 12.8. The fourth-order valence-electron chi connectivity index (χ4n) is 1.84. The number of ether oxygens (including phenoxy) is 2. The van der Waals surface area contributed by atoms with E-state index >= 15 is 0 Å². The van der Waals surface area contributed by atoms with Gasteiger partial charge >= 0.3 is 11.9 Å². The molecule has 1 aromatic rings. The lowest BCUT2D eigenvalue weighted by Gasteiger charge is -2.18. The largest absolute Gasteiger partial charge is 0.466 e. The zero-order valence-corrected chi connectivity index (χ0v) is 12.8. The Balaban J connectivity index is 2.48. The van der Waals surface area contributed by atoms with Crippen LogP contribution in [0.1, 0.15) is 38.3 Å². The van der Waals surface area contributed by atoms with Crippen LogP contribution in [-0.2, 0) is 23.9 Å². The minimum atomic E-state index is -0.501. The van der Waals surface area contributed by atoms with Crippen molar-refractivity contribution in [3.8, 4) is 0 Å². The zero-order chi connectivity index (χ0) is 16.4. The van der Waals surface area contributed by atoms with E-state index in [0.29, 0.717) is 0 Å². The molecular weight excluding hydrogens is 286 g/mol. The van der Waals surface area contributed by atoms with E-state index in [2.05, 4.69) is 5.32 Å². The highest BCUT2D eigenvalue weighted by atomic mass is 16.5. The van der Waals surface area contributed by atoms with Gasteiger partial charge in [0.25, 0.3) is 0 Å². The van der Waals surface area contributed by atoms with E-state index in [-0.39, 0.29) is 32.0 Å². The lowest BCUT2D eigenvalue weighted by Crippen LogP contribution is -2.30. The Kier molecular flexibility index (Phi) is 7.67. The average molecular weight is 307 g/mol. The highest BCUT2D eigenvalue weighted by Gasteiger charge is 2.16. The van der Waals surface area contributed by atoms with Crippen molar-refractivity contribution in [3.05, 3.63) is 35.9 Å². The second-order valence-corrected chi connectivity index (χ2v) is 4.65. The van der Waals surface area contributed by atoms with Crippen molar-refractivity contribution in [1.29, 1.82) is 0 Å². The summed E-state index contributed by atoms with van der Waals surface area (Å²) in [5.41, 5.74) is 0.843. The van der Waals surface area contributed by atoms with Gasteiger partial charge in [0.05, 0.1) is 25.5 Å². The Morgan fingerprint density at radius 2 is 1.64 bits per heavy atom. The van der Waals surface area contributed by atoms with Crippen LogP contribution in [0.5, 0.6) is 0 Å². The molecule has 1 N–H and O–H groups in total. The third-order valence-corrected chi connectivity index (χ3v) is 2.83. The van der Waals surface area contributed by atoms with Crippen molar-refractivity contribution in [1.82, 2.24) is 5.32 Å². The molecule has 6 nitrogen and oxygen atoms in total. The molecule has 0 saturated carbocycles. The maximum absolute atomic E-state index is 11.6. The molecule has 1 amide bonds. The van der Waals surface area contributed by atoms with Crippen molar-refractivity contribution in [2.24, 2.45) is 0 Å². The van der Waals surface area contributed by atoms with E-state index in [4.69, 9.17) is 9.47 Å². The maximum Gasteiger partial charge on any atom is 0.306 e. The minimum absolute atomic E-state index is 0.0111. The number of carbonyl (C=O) groups excluding carboxylic acids is 3. The molecule has 0 saturated heterocycles. The second kappa shape index (κ2) is 9.55. The number of amides is 1. The number of rotatable bonds is 8. The highest BCUT2D eigenvalue weighted by Crippen LogP contribution is 2.13. The summed E-state index contributed by atoms with van der Waals surface area (Å²) >= 11 is 0. The van der Waals surface area contributed by atoms with Crippen LogP contribution in [0.25, 0.3) is 0 Å². The molecule has 6 heteroatoms. The van der Waals surface area contributed by atoms with Gasteiger partial charge in [0.2, 0.25) is 5.91 Å². The SMILES string of the molecule is CCOC(=O)CCC(=O)OC[C@H](NC(C)=O)c1ccccc1. The Hall–Kier alpha value is -2.37. The van der Waals surface area contributed by atoms with Crippen molar-refractivity contribution in [2.75, 3.05) is 13.2 Å². The fourth-order valence-corrected chi connectivity index (χ4v) is 1.84.